The predicted molar refractivity (Wildman–Crippen MR) is 227 cm³/mol. The van der Waals surface area contributed by atoms with Gasteiger partial charge in [-0.05, 0) is 119 Å². The Balaban J connectivity index is 0.000000208. The fraction of sp³-hybridized carbons (Fsp3) is 0.468. The molecule has 7 rings (SSSR count). The Morgan fingerprint density at radius 1 is 0.579 bits per heavy atom. The number of Topliss-reactive ketones (excluding diaryl/α,β-unsaturated/α-hetero) is 1. The van der Waals surface area contributed by atoms with Crippen molar-refractivity contribution in [2.24, 2.45) is 11.8 Å². The molecule has 0 saturated heterocycles. The van der Waals surface area contributed by atoms with Crippen LogP contribution in [0.1, 0.15) is 80.9 Å². The van der Waals surface area contributed by atoms with Crippen molar-refractivity contribution in [1.82, 2.24) is 14.5 Å². The van der Waals surface area contributed by atoms with Crippen LogP contribution in [0.15, 0.2) is 76.3 Å². The monoisotopic (exact) mass is 777 g/mol. The van der Waals surface area contributed by atoms with Gasteiger partial charge in [0.25, 0.3) is 11.1 Å². The van der Waals surface area contributed by atoms with Gasteiger partial charge in [0.15, 0.2) is 0 Å². The number of ketones is 1. The summed E-state index contributed by atoms with van der Waals surface area (Å²) in [5, 5.41) is 5.91. The third-order valence-electron chi connectivity index (χ3n) is 12.2. The van der Waals surface area contributed by atoms with Crippen molar-refractivity contribution in [1.29, 1.82) is 0 Å². The Labute approximate surface area is 336 Å². The molecule has 2 aliphatic rings. The first kappa shape index (κ1) is 41.5. The quantitative estimate of drug-likeness (QED) is 0.127. The van der Waals surface area contributed by atoms with Gasteiger partial charge in [0, 0.05) is 85.2 Å². The molecule has 5 aromatic rings. The van der Waals surface area contributed by atoms with E-state index in [-0.39, 0.29) is 11.1 Å². The molecule has 2 fully saturated rings. The van der Waals surface area contributed by atoms with Gasteiger partial charge in [-0.2, -0.15) is 0 Å². The van der Waals surface area contributed by atoms with Crippen molar-refractivity contribution in [3.63, 3.8) is 0 Å². The standard InChI is InChI=1S/C28H36N2O4.C19H23NO3/c1-19-15-28(31)30(26-16-23(32-2)11-12-25(19)26)14-13-20-5-8-22(9-6-20)29-18-21-7-10-24(33-3)17-27(21)34-4;1-13-11-19(22)20(10-9-14-3-5-15(21)6-4-14)18-12-16(23-2)7-8-17(13)18/h7,10-12,15-17,20,22,29H,5-6,8-9,13-14,18H2,1-4H3;7-8,11-12,14H,3-6,9-10H2,1-2H3. The molecule has 0 amide bonds. The van der Waals surface area contributed by atoms with Crippen LogP contribution in [0.3, 0.4) is 0 Å². The summed E-state index contributed by atoms with van der Waals surface area (Å²) in [6.45, 7) is 6.19. The smallest absolute Gasteiger partial charge is 0.251 e. The second kappa shape index (κ2) is 19.4. The first-order chi connectivity index (χ1) is 27.6. The normalized spacial score (nSPS) is 17.3. The molecule has 0 spiro atoms. The Kier molecular flexibility index (Phi) is 14.1. The Bertz CT molecular complexity index is 2280. The Hall–Kier alpha value is -5.09. The molecule has 1 N–H and O–H groups in total. The van der Waals surface area contributed by atoms with Gasteiger partial charge in [-0.25, -0.2) is 0 Å². The van der Waals surface area contributed by atoms with Gasteiger partial charge in [0.1, 0.15) is 28.8 Å². The number of fused-ring (bicyclic) bond motifs is 2. The molecule has 10 nitrogen and oxygen atoms in total. The number of nitrogens with zero attached hydrogens (tertiary/aromatic N) is 2. The second-order valence-electron chi connectivity index (χ2n) is 15.7. The second-order valence-corrected chi connectivity index (χ2v) is 15.7. The summed E-state index contributed by atoms with van der Waals surface area (Å²) in [5.74, 6) is 4.77. The molecule has 57 heavy (non-hydrogen) atoms. The summed E-state index contributed by atoms with van der Waals surface area (Å²) in [7, 11) is 6.66. The summed E-state index contributed by atoms with van der Waals surface area (Å²) in [6, 6.07) is 21.8. The average Bonchev–Trinajstić information content (AvgIpc) is 3.23. The number of nitrogens with one attached hydrogen (secondary N) is 1. The molecule has 2 aliphatic carbocycles. The first-order valence-electron chi connectivity index (χ1n) is 20.4. The van der Waals surface area contributed by atoms with Crippen LogP contribution in [-0.4, -0.2) is 49.4 Å². The zero-order valence-electron chi connectivity index (χ0n) is 34.5. The molecule has 0 radical (unpaired) electrons. The Morgan fingerprint density at radius 2 is 1.05 bits per heavy atom. The zero-order valence-corrected chi connectivity index (χ0v) is 34.5. The van der Waals surface area contributed by atoms with Crippen LogP contribution < -0.4 is 35.4 Å². The van der Waals surface area contributed by atoms with Crippen molar-refractivity contribution in [2.75, 3.05) is 28.4 Å². The largest absolute Gasteiger partial charge is 0.497 e. The highest BCUT2D eigenvalue weighted by Gasteiger charge is 2.22. The number of carbonyl (C=O) groups excluding carboxylic acids is 1. The van der Waals surface area contributed by atoms with Gasteiger partial charge in [-0.15, -0.1) is 0 Å². The maximum Gasteiger partial charge on any atom is 0.251 e. The maximum atomic E-state index is 12.8. The summed E-state index contributed by atoms with van der Waals surface area (Å²) < 4.78 is 25.3. The number of carbonyl (C=O) groups is 1. The molecule has 3 aromatic carbocycles. The van der Waals surface area contributed by atoms with Gasteiger partial charge in [0.05, 0.1) is 39.5 Å². The molecule has 0 atom stereocenters. The van der Waals surface area contributed by atoms with E-state index in [1.807, 2.05) is 71.5 Å². The summed E-state index contributed by atoms with van der Waals surface area (Å²) in [4.78, 5) is 36.6. The number of hydrogen-bond acceptors (Lipinski definition) is 8. The third-order valence-corrected chi connectivity index (χ3v) is 12.2. The van der Waals surface area contributed by atoms with Crippen LogP contribution >= 0.6 is 0 Å². The Morgan fingerprint density at radius 3 is 1.54 bits per heavy atom. The third kappa shape index (κ3) is 10.3. The van der Waals surface area contributed by atoms with Crippen LogP contribution in [0.4, 0.5) is 0 Å². The fourth-order valence-corrected chi connectivity index (χ4v) is 8.59. The molecule has 10 heteroatoms. The molecule has 0 bridgehead atoms. The molecule has 2 aromatic heterocycles. The lowest BCUT2D eigenvalue weighted by Crippen LogP contribution is -2.33. The fourth-order valence-electron chi connectivity index (χ4n) is 8.59. The number of benzene rings is 3. The van der Waals surface area contributed by atoms with E-state index in [2.05, 4.69) is 11.4 Å². The number of methoxy groups -OCH3 is 4. The van der Waals surface area contributed by atoms with Crippen LogP contribution in [0.2, 0.25) is 0 Å². The zero-order chi connectivity index (χ0) is 40.5. The van der Waals surface area contributed by atoms with E-state index < -0.39 is 0 Å². The van der Waals surface area contributed by atoms with Crippen LogP contribution in [0.25, 0.3) is 21.8 Å². The van der Waals surface area contributed by atoms with Crippen molar-refractivity contribution in [3.05, 3.63) is 104 Å². The summed E-state index contributed by atoms with van der Waals surface area (Å²) in [6.07, 6.45) is 9.95. The first-order valence-corrected chi connectivity index (χ1v) is 20.4. The van der Waals surface area contributed by atoms with Crippen LogP contribution in [0.5, 0.6) is 23.0 Å². The maximum absolute atomic E-state index is 12.8. The van der Waals surface area contributed by atoms with E-state index in [1.54, 1.807) is 40.6 Å². The number of aromatic nitrogens is 2. The average molecular weight is 778 g/mol. The minimum atomic E-state index is 0.0372. The van der Waals surface area contributed by atoms with Gasteiger partial charge in [0.2, 0.25) is 0 Å². The van der Waals surface area contributed by atoms with E-state index in [4.69, 9.17) is 18.9 Å². The molecule has 0 unspecified atom stereocenters. The van der Waals surface area contributed by atoms with E-state index in [9.17, 15) is 14.4 Å². The highest BCUT2D eigenvalue weighted by molar-refractivity contribution is 5.84. The van der Waals surface area contributed by atoms with E-state index in [0.717, 1.165) is 113 Å². The number of rotatable bonds is 13. The number of pyridine rings is 2. The highest BCUT2D eigenvalue weighted by Crippen LogP contribution is 2.31. The predicted octanol–water partition coefficient (Wildman–Crippen LogP) is 8.54. The number of ether oxygens (including phenoxy) is 4. The molecule has 2 heterocycles. The lowest BCUT2D eigenvalue weighted by Gasteiger charge is -2.29. The van der Waals surface area contributed by atoms with Gasteiger partial charge in [-0.3, -0.25) is 14.4 Å². The molecule has 0 aliphatic heterocycles. The lowest BCUT2D eigenvalue weighted by atomic mass is 9.84. The van der Waals surface area contributed by atoms with Crippen molar-refractivity contribution in [2.45, 2.75) is 104 Å². The minimum absolute atomic E-state index is 0.0372. The van der Waals surface area contributed by atoms with Crippen LogP contribution in [-0.2, 0) is 24.4 Å². The van der Waals surface area contributed by atoms with Crippen molar-refractivity contribution >= 4 is 27.6 Å². The minimum Gasteiger partial charge on any atom is -0.497 e. The number of hydrogen-bond donors (Lipinski definition) is 1. The van der Waals surface area contributed by atoms with Gasteiger partial charge >= 0.3 is 0 Å². The molecule has 2 saturated carbocycles. The molecule has 304 valence electrons. The van der Waals surface area contributed by atoms with E-state index in [1.165, 1.54) is 12.8 Å². The summed E-state index contributed by atoms with van der Waals surface area (Å²) in [5.41, 5.74) is 5.16. The van der Waals surface area contributed by atoms with E-state index >= 15 is 0 Å². The van der Waals surface area contributed by atoms with Crippen molar-refractivity contribution < 1.29 is 23.7 Å². The van der Waals surface area contributed by atoms with Gasteiger partial charge < -0.3 is 33.4 Å². The highest BCUT2D eigenvalue weighted by atomic mass is 16.5. The molecular formula is C47H59N3O7. The summed E-state index contributed by atoms with van der Waals surface area (Å²) >= 11 is 0. The number of aryl methyl sites for hydroxylation is 4. The topological polar surface area (TPSA) is 110 Å². The lowest BCUT2D eigenvalue weighted by molar-refractivity contribution is -0.121. The SMILES string of the molecule is COc1ccc(CNC2CCC(CCn3c(=O)cc(C)c4ccc(OC)cc43)CC2)c(OC)c1.COc1ccc2c(C)cc(=O)n(CCC3CCC(=O)CC3)c2c1. The van der Waals surface area contributed by atoms with Gasteiger partial charge in [-0.1, -0.05) is 6.07 Å². The van der Waals surface area contributed by atoms with E-state index in [0.29, 0.717) is 43.0 Å². The van der Waals surface area contributed by atoms with Crippen molar-refractivity contribution in [3.8, 4) is 23.0 Å². The van der Waals surface area contributed by atoms with Crippen LogP contribution in [0, 0.1) is 25.7 Å². The molecular weight excluding hydrogens is 719 g/mol.